The number of fused-ring (bicyclic) bond motifs is 1. The second-order valence-electron chi connectivity index (χ2n) is 4.08. The molecule has 5 nitrogen and oxygen atoms in total. The molecular weight excluding hydrogens is 218 g/mol. The van der Waals surface area contributed by atoms with Crippen molar-refractivity contribution in [3.63, 3.8) is 0 Å². The summed E-state index contributed by atoms with van der Waals surface area (Å²) in [5, 5.41) is 8.60. The fourth-order valence-corrected chi connectivity index (χ4v) is 1.71. The van der Waals surface area contributed by atoms with E-state index in [2.05, 4.69) is 4.98 Å². The second kappa shape index (κ2) is 4.97. The van der Waals surface area contributed by atoms with Gasteiger partial charge in [0, 0.05) is 25.5 Å². The van der Waals surface area contributed by atoms with Crippen molar-refractivity contribution in [2.75, 3.05) is 13.6 Å². The predicted molar refractivity (Wildman–Crippen MR) is 63.8 cm³/mol. The van der Waals surface area contributed by atoms with Gasteiger partial charge in [-0.15, -0.1) is 0 Å². The monoisotopic (exact) mass is 233 g/mol. The summed E-state index contributed by atoms with van der Waals surface area (Å²) in [6.07, 6.45) is 4.07. The number of carbonyl (C=O) groups is 1. The van der Waals surface area contributed by atoms with E-state index in [1.165, 1.54) is 0 Å². The van der Waals surface area contributed by atoms with Crippen LogP contribution in [0.3, 0.4) is 0 Å². The van der Waals surface area contributed by atoms with E-state index in [0.29, 0.717) is 13.1 Å². The molecule has 17 heavy (non-hydrogen) atoms. The summed E-state index contributed by atoms with van der Waals surface area (Å²) >= 11 is 0. The maximum atomic E-state index is 10.5. The summed E-state index contributed by atoms with van der Waals surface area (Å²) < 4.78 is 1.96. The van der Waals surface area contributed by atoms with Crippen LogP contribution in [0.15, 0.2) is 30.6 Å². The quantitative estimate of drug-likeness (QED) is 0.844. The van der Waals surface area contributed by atoms with Crippen LogP contribution < -0.4 is 0 Å². The van der Waals surface area contributed by atoms with Crippen molar-refractivity contribution < 1.29 is 9.90 Å². The van der Waals surface area contributed by atoms with Crippen LogP contribution in [0.4, 0.5) is 0 Å². The Morgan fingerprint density at radius 3 is 3.06 bits per heavy atom. The average molecular weight is 233 g/mol. The van der Waals surface area contributed by atoms with Crippen molar-refractivity contribution in [2.45, 2.75) is 13.0 Å². The average Bonchev–Trinajstić information content (AvgIpc) is 2.68. The lowest BCUT2D eigenvalue weighted by Gasteiger charge is -2.12. The van der Waals surface area contributed by atoms with Gasteiger partial charge in [-0.1, -0.05) is 6.07 Å². The first-order valence-corrected chi connectivity index (χ1v) is 5.48. The first-order chi connectivity index (χ1) is 8.15. The van der Waals surface area contributed by atoms with Crippen molar-refractivity contribution in [2.24, 2.45) is 0 Å². The van der Waals surface area contributed by atoms with Gasteiger partial charge in [0.15, 0.2) is 0 Å². The van der Waals surface area contributed by atoms with Crippen LogP contribution in [0.5, 0.6) is 0 Å². The molecule has 0 saturated heterocycles. The standard InChI is InChI=1S/C12H15N3O2/c1-14(7-5-12(16)17)8-10-9-15-6-3-2-4-11(15)13-10/h2-4,6,9H,5,7-8H2,1H3,(H,16,17). The molecule has 0 unspecified atom stereocenters. The van der Waals surface area contributed by atoms with Gasteiger partial charge in [-0.25, -0.2) is 4.98 Å². The number of imidazole rings is 1. The predicted octanol–water partition coefficient (Wildman–Crippen LogP) is 1.24. The van der Waals surface area contributed by atoms with Gasteiger partial charge in [0.1, 0.15) is 5.65 Å². The zero-order valence-corrected chi connectivity index (χ0v) is 9.71. The third kappa shape index (κ3) is 3.04. The molecule has 2 rings (SSSR count). The van der Waals surface area contributed by atoms with Gasteiger partial charge >= 0.3 is 5.97 Å². The van der Waals surface area contributed by atoms with Crippen LogP contribution in [-0.4, -0.2) is 39.0 Å². The zero-order chi connectivity index (χ0) is 12.3. The van der Waals surface area contributed by atoms with Gasteiger partial charge in [0.05, 0.1) is 12.1 Å². The number of aliphatic carboxylic acids is 1. The number of carboxylic acid groups (broad SMARTS) is 1. The molecule has 2 aromatic heterocycles. The number of carboxylic acids is 1. The van der Waals surface area contributed by atoms with Crippen molar-refractivity contribution in [1.29, 1.82) is 0 Å². The largest absolute Gasteiger partial charge is 0.481 e. The van der Waals surface area contributed by atoms with E-state index < -0.39 is 5.97 Å². The van der Waals surface area contributed by atoms with Gasteiger partial charge in [0.2, 0.25) is 0 Å². The Labute approximate surface area is 99.3 Å². The molecule has 0 spiro atoms. The summed E-state index contributed by atoms with van der Waals surface area (Å²) in [6.45, 7) is 1.19. The summed E-state index contributed by atoms with van der Waals surface area (Å²) in [5.74, 6) is -0.771. The number of pyridine rings is 1. The normalized spacial score (nSPS) is 11.2. The van der Waals surface area contributed by atoms with Crippen molar-refractivity contribution >= 4 is 11.6 Å². The molecule has 0 fully saturated rings. The van der Waals surface area contributed by atoms with Crippen LogP contribution in [0.1, 0.15) is 12.1 Å². The minimum Gasteiger partial charge on any atom is -0.481 e. The number of nitrogens with zero attached hydrogens (tertiary/aromatic N) is 3. The lowest BCUT2D eigenvalue weighted by atomic mass is 10.3. The molecule has 5 heteroatoms. The molecule has 0 amide bonds. The zero-order valence-electron chi connectivity index (χ0n) is 9.71. The molecule has 2 aromatic rings. The fourth-order valence-electron chi connectivity index (χ4n) is 1.71. The highest BCUT2D eigenvalue weighted by Gasteiger charge is 2.06. The molecule has 90 valence electrons. The van der Waals surface area contributed by atoms with Gasteiger partial charge in [0.25, 0.3) is 0 Å². The Kier molecular flexibility index (Phi) is 3.39. The molecule has 0 saturated carbocycles. The van der Waals surface area contributed by atoms with Crippen molar-refractivity contribution in [3.8, 4) is 0 Å². The highest BCUT2D eigenvalue weighted by atomic mass is 16.4. The van der Waals surface area contributed by atoms with E-state index in [9.17, 15) is 4.79 Å². The first kappa shape index (κ1) is 11.6. The molecule has 0 aliphatic rings. The highest BCUT2D eigenvalue weighted by molar-refractivity contribution is 5.66. The molecular formula is C12H15N3O2. The molecule has 0 radical (unpaired) electrons. The van der Waals surface area contributed by atoms with Gasteiger partial charge < -0.3 is 9.51 Å². The Morgan fingerprint density at radius 1 is 1.53 bits per heavy atom. The van der Waals surface area contributed by atoms with E-state index in [0.717, 1.165) is 11.3 Å². The molecule has 0 aromatic carbocycles. The number of hydrogen-bond donors (Lipinski definition) is 1. The van der Waals surface area contributed by atoms with E-state index in [4.69, 9.17) is 5.11 Å². The Hall–Kier alpha value is -1.88. The molecule has 1 N–H and O–H groups in total. The fraction of sp³-hybridized carbons (Fsp3) is 0.333. The molecule has 0 bridgehead atoms. The Bertz CT molecular complexity index is 488. The summed E-state index contributed by atoms with van der Waals surface area (Å²) in [6, 6.07) is 5.84. The SMILES string of the molecule is CN(CCC(=O)O)Cc1cn2ccccc2n1. The number of rotatable bonds is 5. The van der Waals surface area contributed by atoms with E-state index >= 15 is 0 Å². The van der Waals surface area contributed by atoms with Crippen molar-refractivity contribution in [3.05, 3.63) is 36.3 Å². The molecule has 0 atom stereocenters. The van der Waals surface area contributed by atoms with Crippen LogP contribution in [0.2, 0.25) is 0 Å². The minimum atomic E-state index is -0.771. The highest BCUT2D eigenvalue weighted by Crippen LogP contribution is 2.06. The third-order valence-corrected chi connectivity index (χ3v) is 2.55. The summed E-state index contributed by atoms with van der Waals surface area (Å²) in [7, 11) is 1.90. The smallest absolute Gasteiger partial charge is 0.304 e. The van der Waals surface area contributed by atoms with Gasteiger partial charge in [-0.2, -0.15) is 0 Å². The van der Waals surface area contributed by atoms with Crippen LogP contribution in [0, 0.1) is 0 Å². The molecule has 0 aliphatic carbocycles. The van der Waals surface area contributed by atoms with Crippen LogP contribution in [0.25, 0.3) is 5.65 Å². The van der Waals surface area contributed by atoms with Crippen molar-refractivity contribution in [1.82, 2.24) is 14.3 Å². The molecule has 2 heterocycles. The van der Waals surface area contributed by atoms with Crippen LogP contribution >= 0.6 is 0 Å². The minimum absolute atomic E-state index is 0.157. The number of hydrogen-bond acceptors (Lipinski definition) is 3. The third-order valence-electron chi connectivity index (χ3n) is 2.55. The lowest BCUT2D eigenvalue weighted by Crippen LogP contribution is -2.21. The lowest BCUT2D eigenvalue weighted by molar-refractivity contribution is -0.137. The van der Waals surface area contributed by atoms with E-state index in [-0.39, 0.29) is 6.42 Å². The van der Waals surface area contributed by atoms with E-state index in [1.54, 1.807) is 0 Å². The van der Waals surface area contributed by atoms with E-state index in [1.807, 2.05) is 46.9 Å². The summed E-state index contributed by atoms with van der Waals surface area (Å²) in [4.78, 5) is 16.9. The van der Waals surface area contributed by atoms with Crippen LogP contribution in [-0.2, 0) is 11.3 Å². The van der Waals surface area contributed by atoms with Gasteiger partial charge in [-0.05, 0) is 19.2 Å². The maximum absolute atomic E-state index is 10.5. The first-order valence-electron chi connectivity index (χ1n) is 5.48. The summed E-state index contributed by atoms with van der Waals surface area (Å²) in [5.41, 5.74) is 1.86. The maximum Gasteiger partial charge on any atom is 0.304 e. The topological polar surface area (TPSA) is 57.8 Å². The Morgan fingerprint density at radius 2 is 2.35 bits per heavy atom. The number of aromatic nitrogens is 2. The van der Waals surface area contributed by atoms with Gasteiger partial charge in [-0.3, -0.25) is 9.69 Å². The Balaban J connectivity index is 2.00. The molecule has 0 aliphatic heterocycles. The second-order valence-corrected chi connectivity index (χ2v) is 4.08.